The second-order valence-electron chi connectivity index (χ2n) is 7.54. The number of piperazine rings is 1. The standard InChI is InChI=1S/C18H29N5O2S/c1-15-13-16(14-18(20-15)17-5-4-6-19-17)21-9-11-23(12-10-21)26(24,25)22-7-2-3-8-22/h13-14,17,19H,2-12H2,1H3/t17-/m1/s1. The Balaban J connectivity index is 1.44. The van der Waals surface area contributed by atoms with Crippen LogP contribution in [0.5, 0.6) is 0 Å². The summed E-state index contributed by atoms with van der Waals surface area (Å²) in [5.74, 6) is 0. The van der Waals surface area contributed by atoms with Crippen molar-refractivity contribution in [3.8, 4) is 0 Å². The molecule has 0 bridgehead atoms. The molecule has 1 aromatic heterocycles. The Morgan fingerprint density at radius 2 is 1.69 bits per heavy atom. The Hall–Kier alpha value is -1.22. The van der Waals surface area contributed by atoms with E-state index in [1.807, 2.05) is 6.92 Å². The van der Waals surface area contributed by atoms with Gasteiger partial charge in [-0.2, -0.15) is 17.0 Å². The Kier molecular flexibility index (Phi) is 5.18. The van der Waals surface area contributed by atoms with Gasteiger partial charge in [-0.25, -0.2) is 0 Å². The highest BCUT2D eigenvalue weighted by Crippen LogP contribution is 2.27. The molecule has 0 aliphatic carbocycles. The van der Waals surface area contributed by atoms with Gasteiger partial charge in [0.1, 0.15) is 0 Å². The van der Waals surface area contributed by atoms with Crippen LogP contribution in [0.3, 0.4) is 0 Å². The minimum absolute atomic E-state index is 0.352. The van der Waals surface area contributed by atoms with Gasteiger partial charge in [0.05, 0.1) is 5.69 Å². The highest BCUT2D eigenvalue weighted by molar-refractivity contribution is 7.86. The lowest BCUT2D eigenvalue weighted by atomic mass is 10.1. The van der Waals surface area contributed by atoms with Crippen molar-refractivity contribution >= 4 is 15.9 Å². The van der Waals surface area contributed by atoms with E-state index in [-0.39, 0.29) is 0 Å². The van der Waals surface area contributed by atoms with E-state index in [2.05, 4.69) is 22.3 Å². The summed E-state index contributed by atoms with van der Waals surface area (Å²) in [6.07, 6.45) is 4.29. The van der Waals surface area contributed by atoms with E-state index in [1.165, 1.54) is 12.1 Å². The van der Waals surface area contributed by atoms with Crippen molar-refractivity contribution in [1.29, 1.82) is 0 Å². The van der Waals surface area contributed by atoms with Crippen molar-refractivity contribution in [2.45, 2.75) is 38.6 Å². The van der Waals surface area contributed by atoms with E-state index in [0.717, 1.165) is 50.3 Å². The summed E-state index contributed by atoms with van der Waals surface area (Å²) in [6, 6.07) is 4.65. The van der Waals surface area contributed by atoms with Crippen LogP contribution in [0.2, 0.25) is 0 Å². The van der Waals surface area contributed by atoms with Gasteiger partial charge in [-0.05, 0) is 51.3 Å². The maximum absolute atomic E-state index is 12.7. The molecule has 4 heterocycles. The van der Waals surface area contributed by atoms with Crippen molar-refractivity contribution in [1.82, 2.24) is 18.9 Å². The molecule has 3 saturated heterocycles. The number of aromatic nitrogens is 1. The molecule has 0 saturated carbocycles. The fraction of sp³-hybridized carbons (Fsp3) is 0.722. The first-order valence-electron chi connectivity index (χ1n) is 9.76. The van der Waals surface area contributed by atoms with Gasteiger partial charge in [-0.15, -0.1) is 0 Å². The average molecular weight is 380 g/mol. The number of anilines is 1. The second-order valence-corrected chi connectivity index (χ2v) is 9.47. The number of nitrogens with zero attached hydrogens (tertiary/aromatic N) is 4. The average Bonchev–Trinajstić information content (AvgIpc) is 3.35. The van der Waals surface area contributed by atoms with Crippen molar-refractivity contribution in [3.05, 3.63) is 23.5 Å². The van der Waals surface area contributed by atoms with Crippen LogP contribution in [0.4, 0.5) is 5.69 Å². The maximum Gasteiger partial charge on any atom is 0.282 e. The fourth-order valence-electron chi connectivity index (χ4n) is 4.23. The number of aryl methyl sites for hydroxylation is 1. The molecule has 0 aromatic carbocycles. The Labute approximate surface area is 156 Å². The largest absolute Gasteiger partial charge is 0.369 e. The highest BCUT2D eigenvalue weighted by Gasteiger charge is 2.34. The molecule has 0 spiro atoms. The van der Waals surface area contributed by atoms with Gasteiger partial charge >= 0.3 is 0 Å². The number of hydrogen-bond donors (Lipinski definition) is 1. The van der Waals surface area contributed by atoms with Crippen LogP contribution in [-0.2, 0) is 10.2 Å². The van der Waals surface area contributed by atoms with E-state index in [1.54, 1.807) is 8.61 Å². The summed E-state index contributed by atoms with van der Waals surface area (Å²) in [5.41, 5.74) is 3.31. The predicted molar refractivity (Wildman–Crippen MR) is 102 cm³/mol. The summed E-state index contributed by atoms with van der Waals surface area (Å²) >= 11 is 0. The zero-order valence-electron chi connectivity index (χ0n) is 15.5. The zero-order chi connectivity index (χ0) is 18.1. The van der Waals surface area contributed by atoms with E-state index in [9.17, 15) is 8.42 Å². The minimum Gasteiger partial charge on any atom is -0.369 e. The van der Waals surface area contributed by atoms with Crippen molar-refractivity contribution in [3.63, 3.8) is 0 Å². The fourth-order valence-corrected chi connectivity index (χ4v) is 5.90. The molecular formula is C18H29N5O2S. The topological polar surface area (TPSA) is 68.8 Å². The predicted octanol–water partition coefficient (Wildman–Crippen LogP) is 1.28. The molecule has 3 aliphatic rings. The summed E-state index contributed by atoms with van der Waals surface area (Å²) < 4.78 is 28.8. The lowest BCUT2D eigenvalue weighted by Gasteiger charge is -2.37. The second kappa shape index (κ2) is 7.42. The molecule has 4 rings (SSSR count). The zero-order valence-corrected chi connectivity index (χ0v) is 16.3. The Morgan fingerprint density at radius 1 is 1.00 bits per heavy atom. The van der Waals surface area contributed by atoms with E-state index in [4.69, 9.17) is 4.98 Å². The van der Waals surface area contributed by atoms with Crippen molar-refractivity contribution < 1.29 is 8.42 Å². The summed E-state index contributed by atoms with van der Waals surface area (Å²) in [4.78, 5) is 7.01. The maximum atomic E-state index is 12.7. The van der Waals surface area contributed by atoms with Crippen LogP contribution < -0.4 is 10.2 Å². The summed E-state index contributed by atoms with van der Waals surface area (Å²) in [7, 11) is -3.28. The van der Waals surface area contributed by atoms with Gasteiger partial charge < -0.3 is 10.2 Å². The number of pyridine rings is 1. The number of rotatable bonds is 4. The van der Waals surface area contributed by atoms with Crippen LogP contribution >= 0.6 is 0 Å². The first-order chi connectivity index (χ1) is 12.5. The van der Waals surface area contributed by atoms with Crippen LogP contribution in [0.15, 0.2) is 12.1 Å². The monoisotopic (exact) mass is 379 g/mol. The molecule has 1 N–H and O–H groups in total. The van der Waals surface area contributed by atoms with E-state index in [0.29, 0.717) is 32.2 Å². The number of hydrogen-bond acceptors (Lipinski definition) is 5. The molecular weight excluding hydrogens is 350 g/mol. The van der Waals surface area contributed by atoms with E-state index < -0.39 is 10.2 Å². The highest BCUT2D eigenvalue weighted by atomic mass is 32.2. The molecule has 1 aromatic rings. The third-order valence-electron chi connectivity index (χ3n) is 5.70. The van der Waals surface area contributed by atoms with E-state index >= 15 is 0 Å². The molecule has 3 aliphatic heterocycles. The van der Waals surface area contributed by atoms with Crippen molar-refractivity contribution in [2.75, 3.05) is 50.7 Å². The first kappa shape index (κ1) is 18.2. The third kappa shape index (κ3) is 3.60. The molecule has 0 amide bonds. The van der Waals surface area contributed by atoms with Gasteiger partial charge in [-0.3, -0.25) is 4.98 Å². The normalized spacial score (nSPS) is 25.9. The molecule has 0 unspecified atom stereocenters. The van der Waals surface area contributed by atoms with Gasteiger partial charge in [0.2, 0.25) is 0 Å². The quantitative estimate of drug-likeness (QED) is 0.853. The van der Waals surface area contributed by atoms with Crippen molar-refractivity contribution in [2.24, 2.45) is 0 Å². The number of nitrogens with one attached hydrogen (secondary N) is 1. The van der Waals surface area contributed by atoms with Gasteiger partial charge in [0.15, 0.2) is 0 Å². The van der Waals surface area contributed by atoms with Crippen LogP contribution in [0.25, 0.3) is 0 Å². The Morgan fingerprint density at radius 3 is 2.35 bits per heavy atom. The molecule has 144 valence electrons. The van der Waals surface area contributed by atoms with Crippen LogP contribution in [0, 0.1) is 6.92 Å². The lowest BCUT2D eigenvalue weighted by molar-refractivity contribution is 0.343. The van der Waals surface area contributed by atoms with Gasteiger partial charge in [0.25, 0.3) is 10.2 Å². The third-order valence-corrected chi connectivity index (χ3v) is 7.73. The molecule has 7 nitrogen and oxygen atoms in total. The van der Waals surface area contributed by atoms with Gasteiger partial charge in [-0.1, -0.05) is 0 Å². The van der Waals surface area contributed by atoms with Crippen LogP contribution in [-0.4, -0.2) is 67.8 Å². The summed E-state index contributed by atoms with van der Waals surface area (Å²) in [6.45, 7) is 7.00. The molecule has 3 fully saturated rings. The molecule has 26 heavy (non-hydrogen) atoms. The molecule has 8 heteroatoms. The lowest BCUT2D eigenvalue weighted by Crippen LogP contribution is -2.52. The first-order valence-corrected chi connectivity index (χ1v) is 11.2. The van der Waals surface area contributed by atoms with Crippen LogP contribution in [0.1, 0.15) is 43.1 Å². The Bertz CT molecular complexity index is 734. The minimum atomic E-state index is -3.28. The SMILES string of the molecule is Cc1cc(N2CCN(S(=O)(=O)N3CCCC3)CC2)cc([C@H]2CCCN2)n1. The molecule has 1 atom stereocenters. The molecule has 0 radical (unpaired) electrons. The van der Waals surface area contributed by atoms with Gasteiger partial charge in [0, 0.05) is 56.7 Å². The smallest absolute Gasteiger partial charge is 0.282 e. The summed E-state index contributed by atoms with van der Waals surface area (Å²) in [5, 5.41) is 3.51.